The second-order valence-electron chi connectivity index (χ2n) is 8.87. The van der Waals surface area contributed by atoms with Gasteiger partial charge in [-0.1, -0.05) is 12.1 Å². The maximum Gasteiger partial charge on any atom is 0.446 e. The van der Waals surface area contributed by atoms with Gasteiger partial charge in [0.15, 0.2) is 9.84 Å². The first-order chi connectivity index (χ1) is 17.2. The van der Waals surface area contributed by atoms with E-state index in [1.54, 1.807) is 30.5 Å². The lowest BCUT2D eigenvalue weighted by molar-refractivity contribution is -0.0328. The molecule has 0 radical (unpaired) electrons. The van der Waals surface area contributed by atoms with Crippen LogP contribution in [0.2, 0.25) is 0 Å². The molecule has 4 aromatic rings. The molecule has 1 saturated carbocycles. The van der Waals surface area contributed by atoms with Crippen molar-refractivity contribution in [3.05, 3.63) is 79.3 Å². The molecule has 0 saturated heterocycles. The van der Waals surface area contributed by atoms with Gasteiger partial charge in [0.25, 0.3) is 0 Å². The highest BCUT2D eigenvalue weighted by Crippen LogP contribution is 2.37. The summed E-state index contributed by atoms with van der Waals surface area (Å²) in [4.78, 5) is 4.69. The zero-order chi connectivity index (χ0) is 25.3. The van der Waals surface area contributed by atoms with E-state index >= 15 is 0 Å². The molecule has 5 rings (SSSR count). The Morgan fingerprint density at radius 3 is 2.22 bits per heavy atom. The SMILES string of the molecule is O=S(=O)(c1ccc(-c2ccc3nccn3c2)cc1)C1CCC(Nc2ccc(SC(F)(F)F)cc2)CC1. The summed E-state index contributed by atoms with van der Waals surface area (Å²) in [5, 5.41) is 2.88. The van der Waals surface area contributed by atoms with E-state index in [4.69, 9.17) is 0 Å². The maximum absolute atomic E-state index is 13.3. The van der Waals surface area contributed by atoms with Crippen LogP contribution in [0, 0.1) is 0 Å². The van der Waals surface area contributed by atoms with Crippen LogP contribution in [0.5, 0.6) is 0 Å². The van der Waals surface area contributed by atoms with Crippen molar-refractivity contribution in [1.29, 1.82) is 0 Å². The molecule has 2 heterocycles. The molecule has 0 aliphatic heterocycles. The molecule has 188 valence electrons. The fraction of sp³-hybridized carbons (Fsp3) is 0.269. The lowest BCUT2D eigenvalue weighted by atomic mass is 9.95. The number of fused-ring (bicyclic) bond motifs is 1. The highest BCUT2D eigenvalue weighted by molar-refractivity contribution is 8.00. The van der Waals surface area contributed by atoms with Crippen LogP contribution in [-0.2, 0) is 9.84 Å². The van der Waals surface area contributed by atoms with Gasteiger partial charge in [0.05, 0.1) is 10.1 Å². The number of thioether (sulfide) groups is 1. The normalized spacial score (nSPS) is 18.9. The summed E-state index contributed by atoms with van der Waals surface area (Å²) < 4.78 is 66.0. The van der Waals surface area contributed by atoms with Gasteiger partial charge < -0.3 is 9.72 Å². The minimum atomic E-state index is -4.31. The number of rotatable bonds is 6. The smallest absolute Gasteiger partial charge is 0.382 e. The molecule has 0 bridgehead atoms. The second-order valence-corrected chi connectivity index (χ2v) is 12.2. The lowest BCUT2D eigenvalue weighted by Gasteiger charge is -2.29. The number of imidazole rings is 1. The standard InChI is InChI=1S/C26H24F3N3O2S2/c27-26(28,29)35-22-8-4-20(5-9-22)31-21-6-12-24(13-7-21)36(33,34)23-10-1-18(2-11-23)19-3-14-25-30-15-16-32(25)17-19/h1-5,8-11,14-17,21,24,31H,6-7,12-13H2. The third kappa shape index (κ3) is 5.54. The Hall–Kier alpha value is -2.98. The summed E-state index contributed by atoms with van der Waals surface area (Å²) in [5.74, 6) is 0. The number of alkyl halides is 3. The topological polar surface area (TPSA) is 63.5 Å². The summed E-state index contributed by atoms with van der Waals surface area (Å²) in [6, 6.07) is 17.1. The largest absolute Gasteiger partial charge is 0.446 e. The Bertz CT molecular complexity index is 1440. The van der Waals surface area contributed by atoms with Crippen LogP contribution in [-0.4, -0.2) is 34.6 Å². The van der Waals surface area contributed by atoms with Crippen LogP contribution >= 0.6 is 11.8 Å². The third-order valence-electron chi connectivity index (χ3n) is 6.48. The molecule has 2 aromatic carbocycles. The number of anilines is 1. The molecular formula is C26H24F3N3O2S2. The molecule has 1 aliphatic rings. The Morgan fingerprint density at radius 1 is 0.889 bits per heavy atom. The van der Waals surface area contributed by atoms with Crippen LogP contribution in [0.1, 0.15) is 25.7 Å². The summed E-state index contributed by atoms with van der Waals surface area (Å²) in [5.41, 5.74) is -0.829. The van der Waals surface area contributed by atoms with Crippen LogP contribution in [0.4, 0.5) is 18.9 Å². The predicted molar refractivity (Wildman–Crippen MR) is 136 cm³/mol. The van der Waals surface area contributed by atoms with Crippen molar-refractivity contribution in [2.45, 2.75) is 52.3 Å². The maximum atomic E-state index is 13.3. The van der Waals surface area contributed by atoms with Crippen LogP contribution in [0.15, 0.2) is 89.0 Å². The monoisotopic (exact) mass is 531 g/mol. The van der Waals surface area contributed by atoms with Crippen LogP contribution < -0.4 is 5.32 Å². The molecule has 1 aliphatic carbocycles. The first-order valence-electron chi connectivity index (χ1n) is 11.6. The van der Waals surface area contributed by atoms with E-state index in [2.05, 4.69) is 10.3 Å². The fourth-order valence-electron chi connectivity index (χ4n) is 4.63. The van der Waals surface area contributed by atoms with Crippen molar-refractivity contribution in [3.63, 3.8) is 0 Å². The number of nitrogens with zero attached hydrogens (tertiary/aromatic N) is 2. The number of benzene rings is 2. The Kier molecular flexibility index (Phi) is 6.74. The van der Waals surface area contributed by atoms with E-state index in [1.807, 2.05) is 41.1 Å². The first-order valence-corrected chi connectivity index (χ1v) is 13.9. The van der Waals surface area contributed by atoms with E-state index in [0.29, 0.717) is 30.6 Å². The van der Waals surface area contributed by atoms with Crippen molar-refractivity contribution in [3.8, 4) is 11.1 Å². The van der Waals surface area contributed by atoms with Gasteiger partial charge in [-0.05, 0) is 97.1 Å². The number of hydrogen-bond donors (Lipinski definition) is 1. The fourth-order valence-corrected chi connectivity index (χ4v) is 6.96. The number of nitrogens with one attached hydrogen (secondary N) is 1. The summed E-state index contributed by atoms with van der Waals surface area (Å²) in [6.07, 6.45) is 7.96. The lowest BCUT2D eigenvalue weighted by Crippen LogP contribution is -2.32. The molecule has 5 nitrogen and oxygen atoms in total. The molecule has 0 spiro atoms. The molecule has 0 amide bonds. The van der Waals surface area contributed by atoms with E-state index in [1.165, 1.54) is 12.1 Å². The molecule has 36 heavy (non-hydrogen) atoms. The molecule has 0 unspecified atom stereocenters. The summed E-state index contributed by atoms with van der Waals surface area (Å²) >= 11 is -0.141. The minimum Gasteiger partial charge on any atom is -0.382 e. The zero-order valence-corrected chi connectivity index (χ0v) is 20.8. The number of hydrogen-bond acceptors (Lipinski definition) is 5. The van der Waals surface area contributed by atoms with Crippen molar-refractivity contribution < 1.29 is 21.6 Å². The van der Waals surface area contributed by atoms with Crippen molar-refractivity contribution in [1.82, 2.24) is 9.38 Å². The molecular weight excluding hydrogens is 507 g/mol. The van der Waals surface area contributed by atoms with Gasteiger partial charge in [0.2, 0.25) is 0 Å². The second kappa shape index (κ2) is 9.82. The van der Waals surface area contributed by atoms with E-state index in [-0.39, 0.29) is 22.7 Å². The highest BCUT2D eigenvalue weighted by atomic mass is 32.2. The minimum absolute atomic E-state index is 0.0815. The average Bonchev–Trinajstić information content (AvgIpc) is 3.33. The van der Waals surface area contributed by atoms with Gasteiger partial charge in [-0.25, -0.2) is 13.4 Å². The van der Waals surface area contributed by atoms with Gasteiger partial charge in [-0.15, -0.1) is 0 Å². The molecule has 1 fully saturated rings. The van der Waals surface area contributed by atoms with Gasteiger partial charge in [0.1, 0.15) is 5.65 Å². The van der Waals surface area contributed by atoms with Gasteiger partial charge >= 0.3 is 5.51 Å². The molecule has 1 N–H and O–H groups in total. The Morgan fingerprint density at radius 2 is 1.56 bits per heavy atom. The van der Waals surface area contributed by atoms with Crippen LogP contribution in [0.25, 0.3) is 16.8 Å². The van der Waals surface area contributed by atoms with Gasteiger partial charge in [-0.3, -0.25) is 0 Å². The summed E-state index contributed by atoms with van der Waals surface area (Å²) in [7, 11) is -3.46. The number of aromatic nitrogens is 2. The number of halogens is 3. The number of pyridine rings is 1. The van der Waals surface area contributed by atoms with Crippen molar-refractivity contribution >= 4 is 32.9 Å². The number of sulfone groups is 1. The first kappa shape index (κ1) is 24.7. The van der Waals surface area contributed by atoms with E-state index < -0.39 is 20.6 Å². The zero-order valence-electron chi connectivity index (χ0n) is 19.1. The summed E-state index contributed by atoms with van der Waals surface area (Å²) in [6.45, 7) is 0. The predicted octanol–water partition coefficient (Wildman–Crippen LogP) is 6.81. The van der Waals surface area contributed by atoms with Crippen LogP contribution in [0.3, 0.4) is 0 Å². The average molecular weight is 532 g/mol. The Balaban J connectivity index is 1.19. The van der Waals surface area contributed by atoms with Crippen molar-refractivity contribution in [2.75, 3.05) is 5.32 Å². The third-order valence-corrected chi connectivity index (χ3v) is 9.49. The van der Waals surface area contributed by atoms with Crippen molar-refractivity contribution in [2.24, 2.45) is 0 Å². The van der Waals surface area contributed by atoms with E-state index in [9.17, 15) is 21.6 Å². The quantitative estimate of drug-likeness (QED) is 0.277. The Labute approximate surface area is 211 Å². The molecule has 10 heteroatoms. The van der Waals surface area contributed by atoms with E-state index in [0.717, 1.165) is 22.5 Å². The van der Waals surface area contributed by atoms with Gasteiger partial charge in [0, 0.05) is 35.2 Å². The van der Waals surface area contributed by atoms with Gasteiger partial charge in [-0.2, -0.15) is 13.2 Å². The molecule has 2 aromatic heterocycles. The highest BCUT2D eigenvalue weighted by Gasteiger charge is 2.32. The molecule has 0 atom stereocenters.